The third-order valence-electron chi connectivity index (χ3n) is 1.54. The molecule has 0 fully saturated rings. The minimum atomic E-state index is -0.0105. The molecule has 5 nitrogen and oxygen atoms in total. The monoisotopic (exact) mass is 170 g/mol. The second kappa shape index (κ2) is 4.82. The van der Waals surface area contributed by atoms with Gasteiger partial charge in [-0.1, -0.05) is 19.1 Å². The zero-order valence-electron chi connectivity index (χ0n) is 7.45. The van der Waals surface area contributed by atoms with Crippen LogP contribution in [0.2, 0.25) is 0 Å². The molecule has 0 aliphatic carbocycles. The summed E-state index contributed by atoms with van der Waals surface area (Å²) in [6.07, 6.45) is 1.87. The fourth-order valence-corrected chi connectivity index (χ4v) is 0.941. The first-order chi connectivity index (χ1) is 5.88. The van der Waals surface area contributed by atoms with Crippen LogP contribution < -0.4 is 0 Å². The first-order valence-corrected chi connectivity index (χ1v) is 4.23. The predicted molar refractivity (Wildman–Crippen MR) is 43.5 cm³/mol. The molecule has 68 valence electrons. The van der Waals surface area contributed by atoms with Crippen molar-refractivity contribution >= 4 is 0 Å². The second-order valence-electron chi connectivity index (χ2n) is 2.54. The van der Waals surface area contributed by atoms with Gasteiger partial charge >= 0.3 is 0 Å². The molecule has 0 aliphatic rings. The minimum absolute atomic E-state index is 0.0105. The molecule has 1 heterocycles. The number of nitrogens with one attached hydrogen (secondary N) is 1. The van der Waals surface area contributed by atoms with Crippen molar-refractivity contribution in [2.24, 2.45) is 0 Å². The standard InChI is InChI=1S/C7H14N4O/c1-3-5-12-6(4-2)7-8-10-11-9-7/h6H,3-5H2,1-2H3,(H,8,9,10,11). The van der Waals surface area contributed by atoms with E-state index in [1.54, 1.807) is 0 Å². The first kappa shape index (κ1) is 9.12. The van der Waals surface area contributed by atoms with Gasteiger partial charge in [0.05, 0.1) is 0 Å². The van der Waals surface area contributed by atoms with Crippen LogP contribution in [0.15, 0.2) is 0 Å². The van der Waals surface area contributed by atoms with Crippen LogP contribution in [0.25, 0.3) is 0 Å². The van der Waals surface area contributed by atoms with Crippen LogP contribution in [-0.2, 0) is 4.74 Å². The Labute approximate surface area is 71.5 Å². The van der Waals surface area contributed by atoms with E-state index in [0.717, 1.165) is 19.4 Å². The molecule has 1 N–H and O–H groups in total. The van der Waals surface area contributed by atoms with Gasteiger partial charge in [-0.25, -0.2) is 0 Å². The van der Waals surface area contributed by atoms with E-state index in [1.165, 1.54) is 0 Å². The number of hydrogen-bond acceptors (Lipinski definition) is 4. The molecule has 0 bridgehead atoms. The molecule has 1 aromatic rings. The number of aromatic amines is 1. The fourth-order valence-electron chi connectivity index (χ4n) is 0.941. The molecule has 1 rings (SSSR count). The zero-order valence-corrected chi connectivity index (χ0v) is 7.45. The van der Waals surface area contributed by atoms with Gasteiger partial charge in [0.15, 0.2) is 0 Å². The maximum Gasteiger partial charge on any atom is 0.203 e. The SMILES string of the molecule is CCCOC(CC)c1nn[nH]n1. The molecule has 5 heteroatoms. The van der Waals surface area contributed by atoms with E-state index >= 15 is 0 Å². The van der Waals surface area contributed by atoms with E-state index in [4.69, 9.17) is 4.74 Å². The number of H-pyrrole nitrogens is 1. The van der Waals surface area contributed by atoms with Crippen molar-refractivity contribution in [3.63, 3.8) is 0 Å². The maximum atomic E-state index is 5.50. The van der Waals surface area contributed by atoms with Gasteiger partial charge in [0.2, 0.25) is 5.82 Å². The molecular formula is C7H14N4O. The summed E-state index contributed by atoms with van der Waals surface area (Å²) < 4.78 is 5.50. The highest BCUT2D eigenvalue weighted by Crippen LogP contribution is 2.15. The Bertz CT molecular complexity index is 199. The van der Waals surface area contributed by atoms with Crippen molar-refractivity contribution in [3.8, 4) is 0 Å². The first-order valence-electron chi connectivity index (χ1n) is 4.23. The Kier molecular flexibility index (Phi) is 3.66. The Morgan fingerprint density at radius 2 is 2.33 bits per heavy atom. The maximum absolute atomic E-state index is 5.50. The molecule has 1 aromatic heterocycles. The zero-order chi connectivity index (χ0) is 8.81. The smallest absolute Gasteiger partial charge is 0.203 e. The number of hydrogen-bond donors (Lipinski definition) is 1. The summed E-state index contributed by atoms with van der Waals surface area (Å²) in [6.45, 7) is 4.85. The summed E-state index contributed by atoms with van der Waals surface area (Å²) in [4.78, 5) is 0. The highest BCUT2D eigenvalue weighted by Gasteiger charge is 2.13. The van der Waals surface area contributed by atoms with Crippen molar-refractivity contribution in [1.29, 1.82) is 0 Å². The summed E-state index contributed by atoms with van der Waals surface area (Å²) in [5, 5.41) is 13.6. The van der Waals surface area contributed by atoms with Crippen molar-refractivity contribution in [3.05, 3.63) is 5.82 Å². The van der Waals surface area contributed by atoms with Gasteiger partial charge in [0.1, 0.15) is 6.10 Å². The van der Waals surface area contributed by atoms with Gasteiger partial charge in [0.25, 0.3) is 0 Å². The molecule has 1 unspecified atom stereocenters. The third-order valence-corrected chi connectivity index (χ3v) is 1.54. The highest BCUT2D eigenvalue weighted by atomic mass is 16.5. The predicted octanol–water partition coefficient (Wildman–Crippen LogP) is 1.08. The van der Waals surface area contributed by atoms with Gasteiger partial charge in [0, 0.05) is 6.61 Å². The average Bonchev–Trinajstić information content (AvgIpc) is 2.59. The van der Waals surface area contributed by atoms with Crippen molar-refractivity contribution in [1.82, 2.24) is 20.6 Å². The van der Waals surface area contributed by atoms with E-state index in [0.29, 0.717) is 5.82 Å². The lowest BCUT2D eigenvalue weighted by Gasteiger charge is -2.10. The molecule has 0 aromatic carbocycles. The van der Waals surface area contributed by atoms with Gasteiger partial charge in [-0.05, 0) is 12.8 Å². The number of aromatic nitrogens is 4. The largest absolute Gasteiger partial charge is 0.370 e. The molecule has 0 spiro atoms. The molecule has 0 saturated carbocycles. The van der Waals surface area contributed by atoms with Crippen LogP contribution in [0.4, 0.5) is 0 Å². The van der Waals surface area contributed by atoms with E-state index < -0.39 is 0 Å². The Balaban J connectivity index is 2.45. The molecular weight excluding hydrogens is 156 g/mol. The summed E-state index contributed by atoms with van der Waals surface area (Å²) in [7, 11) is 0. The highest BCUT2D eigenvalue weighted by molar-refractivity contribution is 4.83. The van der Waals surface area contributed by atoms with Crippen molar-refractivity contribution in [2.75, 3.05) is 6.61 Å². The van der Waals surface area contributed by atoms with Crippen LogP contribution in [0.5, 0.6) is 0 Å². The van der Waals surface area contributed by atoms with Crippen LogP contribution in [-0.4, -0.2) is 27.2 Å². The molecule has 0 saturated heterocycles. The Hall–Kier alpha value is -0.970. The summed E-state index contributed by atoms with van der Waals surface area (Å²) in [5.41, 5.74) is 0. The van der Waals surface area contributed by atoms with Crippen LogP contribution in [0, 0.1) is 0 Å². The van der Waals surface area contributed by atoms with Crippen molar-refractivity contribution < 1.29 is 4.74 Å². The molecule has 12 heavy (non-hydrogen) atoms. The number of tetrazole rings is 1. The number of rotatable bonds is 5. The van der Waals surface area contributed by atoms with Crippen molar-refractivity contribution in [2.45, 2.75) is 32.8 Å². The van der Waals surface area contributed by atoms with Crippen LogP contribution in [0.3, 0.4) is 0 Å². The fraction of sp³-hybridized carbons (Fsp3) is 0.857. The van der Waals surface area contributed by atoms with E-state index in [2.05, 4.69) is 27.5 Å². The lowest BCUT2D eigenvalue weighted by Crippen LogP contribution is -2.06. The molecule has 0 radical (unpaired) electrons. The van der Waals surface area contributed by atoms with Gasteiger partial charge < -0.3 is 4.74 Å². The normalized spacial score (nSPS) is 13.2. The number of ether oxygens (including phenoxy) is 1. The Morgan fingerprint density at radius 1 is 1.50 bits per heavy atom. The van der Waals surface area contributed by atoms with Gasteiger partial charge in [-0.2, -0.15) is 5.21 Å². The van der Waals surface area contributed by atoms with Gasteiger partial charge in [-0.15, -0.1) is 10.2 Å². The summed E-state index contributed by atoms with van der Waals surface area (Å²) >= 11 is 0. The van der Waals surface area contributed by atoms with E-state index in [-0.39, 0.29) is 6.10 Å². The van der Waals surface area contributed by atoms with Gasteiger partial charge in [-0.3, -0.25) is 0 Å². The molecule has 0 aliphatic heterocycles. The van der Waals surface area contributed by atoms with Crippen LogP contribution >= 0.6 is 0 Å². The average molecular weight is 170 g/mol. The van der Waals surface area contributed by atoms with E-state index in [9.17, 15) is 0 Å². The molecule has 1 atom stereocenters. The second-order valence-corrected chi connectivity index (χ2v) is 2.54. The van der Waals surface area contributed by atoms with E-state index in [1.807, 2.05) is 6.92 Å². The lowest BCUT2D eigenvalue weighted by atomic mass is 10.2. The van der Waals surface area contributed by atoms with Crippen LogP contribution in [0.1, 0.15) is 38.6 Å². The Morgan fingerprint density at radius 3 is 2.83 bits per heavy atom. The lowest BCUT2D eigenvalue weighted by molar-refractivity contribution is 0.0444. The molecule has 0 amide bonds. The quantitative estimate of drug-likeness (QED) is 0.718. The summed E-state index contributed by atoms with van der Waals surface area (Å²) in [6, 6.07) is 0. The number of nitrogens with zero attached hydrogens (tertiary/aromatic N) is 3. The summed E-state index contributed by atoms with van der Waals surface area (Å²) in [5.74, 6) is 0.644. The topological polar surface area (TPSA) is 63.7 Å². The minimum Gasteiger partial charge on any atom is -0.370 e. The third kappa shape index (κ3) is 2.27.